The van der Waals surface area contributed by atoms with Crippen molar-refractivity contribution >= 4 is 17.5 Å². The quantitative estimate of drug-likeness (QED) is 0.694. The highest BCUT2D eigenvalue weighted by atomic mass is 35.5. The smallest absolute Gasteiger partial charge is 0.227 e. The lowest BCUT2D eigenvalue weighted by Crippen LogP contribution is -2.34. The standard InChI is InChI=1S/C11H20ClNO2/c1-8(12)4-5-13(3)11(14)10-6-9(2)15-7-10/h8-10H,4-7H2,1-3H3. The number of rotatable bonds is 4. The molecule has 0 radical (unpaired) electrons. The maximum Gasteiger partial charge on any atom is 0.227 e. The van der Waals surface area contributed by atoms with Crippen LogP contribution in [0, 0.1) is 5.92 Å². The van der Waals surface area contributed by atoms with Gasteiger partial charge in [-0.3, -0.25) is 4.79 Å². The first-order valence-electron chi connectivity index (χ1n) is 5.51. The third-order valence-electron chi connectivity index (χ3n) is 2.79. The Morgan fingerprint density at radius 1 is 1.67 bits per heavy atom. The van der Waals surface area contributed by atoms with E-state index in [1.165, 1.54) is 0 Å². The molecule has 3 unspecified atom stereocenters. The van der Waals surface area contributed by atoms with Gasteiger partial charge in [0.2, 0.25) is 5.91 Å². The topological polar surface area (TPSA) is 29.5 Å². The Morgan fingerprint density at radius 3 is 2.80 bits per heavy atom. The normalized spacial score (nSPS) is 27.7. The number of hydrogen-bond acceptors (Lipinski definition) is 2. The van der Waals surface area contributed by atoms with Crippen molar-refractivity contribution in [2.24, 2.45) is 5.92 Å². The van der Waals surface area contributed by atoms with Gasteiger partial charge in [-0.05, 0) is 26.7 Å². The Labute approximate surface area is 96.7 Å². The number of carbonyl (C=O) groups excluding carboxylic acids is 1. The number of ether oxygens (including phenoxy) is 1. The van der Waals surface area contributed by atoms with Crippen LogP contribution in [0.2, 0.25) is 0 Å². The molecule has 1 rings (SSSR count). The molecule has 0 aliphatic carbocycles. The Balaban J connectivity index is 2.32. The van der Waals surface area contributed by atoms with Gasteiger partial charge in [0.05, 0.1) is 18.6 Å². The third-order valence-corrected chi connectivity index (χ3v) is 3.00. The molecule has 0 spiro atoms. The molecule has 4 heteroatoms. The van der Waals surface area contributed by atoms with Gasteiger partial charge in [0.25, 0.3) is 0 Å². The number of nitrogens with zero attached hydrogens (tertiary/aromatic N) is 1. The summed E-state index contributed by atoms with van der Waals surface area (Å²) in [6.07, 6.45) is 1.91. The van der Waals surface area contributed by atoms with Crippen molar-refractivity contribution in [3.63, 3.8) is 0 Å². The fraction of sp³-hybridized carbons (Fsp3) is 0.909. The molecule has 0 aromatic heterocycles. The maximum absolute atomic E-state index is 11.9. The second-order valence-corrected chi connectivity index (χ2v) is 5.15. The summed E-state index contributed by atoms with van der Waals surface area (Å²) in [4.78, 5) is 13.7. The molecule has 88 valence electrons. The summed E-state index contributed by atoms with van der Waals surface area (Å²) < 4.78 is 5.39. The fourth-order valence-electron chi connectivity index (χ4n) is 1.78. The predicted octanol–water partition coefficient (Wildman–Crippen LogP) is 1.89. The Morgan fingerprint density at radius 2 is 2.33 bits per heavy atom. The Bertz CT molecular complexity index is 221. The molecule has 1 heterocycles. The highest BCUT2D eigenvalue weighted by molar-refractivity contribution is 6.20. The van der Waals surface area contributed by atoms with Crippen molar-refractivity contribution in [1.29, 1.82) is 0 Å². The molecule has 3 atom stereocenters. The molecule has 0 bridgehead atoms. The van der Waals surface area contributed by atoms with Gasteiger partial charge < -0.3 is 9.64 Å². The molecule has 0 N–H and O–H groups in total. The number of carbonyl (C=O) groups is 1. The molecule has 1 fully saturated rings. The van der Waals surface area contributed by atoms with Crippen molar-refractivity contribution in [3.05, 3.63) is 0 Å². The van der Waals surface area contributed by atoms with E-state index >= 15 is 0 Å². The second-order valence-electron chi connectivity index (χ2n) is 4.41. The summed E-state index contributed by atoms with van der Waals surface area (Å²) in [7, 11) is 1.84. The zero-order valence-electron chi connectivity index (χ0n) is 9.70. The first kappa shape index (κ1) is 12.8. The van der Waals surface area contributed by atoms with Gasteiger partial charge in [0, 0.05) is 19.0 Å². The van der Waals surface area contributed by atoms with Crippen LogP contribution in [0.15, 0.2) is 0 Å². The number of hydrogen-bond donors (Lipinski definition) is 0. The largest absolute Gasteiger partial charge is 0.378 e. The van der Waals surface area contributed by atoms with Crippen LogP contribution in [0.3, 0.4) is 0 Å². The van der Waals surface area contributed by atoms with Crippen molar-refractivity contribution < 1.29 is 9.53 Å². The molecule has 1 amide bonds. The van der Waals surface area contributed by atoms with E-state index in [1.54, 1.807) is 4.90 Å². The molecule has 0 saturated carbocycles. The third kappa shape index (κ3) is 3.99. The highest BCUT2D eigenvalue weighted by Gasteiger charge is 2.30. The van der Waals surface area contributed by atoms with Crippen molar-refractivity contribution in [3.8, 4) is 0 Å². The molecule has 0 aromatic rings. The fourth-order valence-corrected chi connectivity index (χ4v) is 1.88. The van der Waals surface area contributed by atoms with Gasteiger partial charge in [-0.15, -0.1) is 11.6 Å². The molecular formula is C11H20ClNO2. The van der Waals surface area contributed by atoms with Gasteiger partial charge in [0.1, 0.15) is 0 Å². The van der Waals surface area contributed by atoms with Crippen molar-refractivity contribution in [2.45, 2.75) is 38.2 Å². The van der Waals surface area contributed by atoms with Crippen LogP contribution in [0.25, 0.3) is 0 Å². The van der Waals surface area contributed by atoms with Gasteiger partial charge in [-0.25, -0.2) is 0 Å². The van der Waals surface area contributed by atoms with E-state index in [2.05, 4.69) is 0 Å². The molecule has 3 nitrogen and oxygen atoms in total. The van der Waals surface area contributed by atoms with Crippen LogP contribution >= 0.6 is 11.6 Å². The van der Waals surface area contributed by atoms with Crippen LogP contribution in [0.5, 0.6) is 0 Å². The van der Waals surface area contributed by atoms with E-state index in [4.69, 9.17) is 16.3 Å². The zero-order valence-corrected chi connectivity index (χ0v) is 10.5. The molecule has 0 aromatic carbocycles. The zero-order chi connectivity index (χ0) is 11.4. The minimum atomic E-state index is 0.0515. The Kier molecular flexibility index (Phi) is 4.87. The summed E-state index contributed by atoms with van der Waals surface area (Å²) in [6.45, 7) is 5.25. The van der Waals surface area contributed by atoms with Gasteiger partial charge in [-0.1, -0.05) is 0 Å². The van der Waals surface area contributed by atoms with Crippen molar-refractivity contribution in [1.82, 2.24) is 4.90 Å². The van der Waals surface area contributed by atoms with Gasteiger partial charge in [-0.2, -0.15) is 0 Å². The first-order valence-corrected chi connectivity index (χ1v) is 5.95. The Hall–Kier alpha value is -0.280. The summed E-state index contributed by atoms with van der Waals surface area (Å²) >= 11 is 5.85. The van der Waals surface area contributed by atoms with Crippen LogP contribution in [-0.4, -0.2) is 42.5 Å². The van der Waals surface area contributed by atoms with E-state index in [0.29, 0.717) is 6.61 Å². The first-order chi connectivity index (χ1) is 7.00. The summed E-state index contributed by atoms with van der Waals surface area (Å²) in [5, 5.41) is 0.124. The van der Waals surface area contributed by atoms with Crippen LogP contribution in [0.1, 0.15) is 26.7 Å². The van der Waals surface area contributed by atoms with Crippen LogP contribution in [-0.2, 0) is 9.53 Å². The van der Waals surface area contributed by atoms with Crippen molar-refractivity contribution in [2.75, 3.05) is 20.2 Å². The number of amides is 1. The molecule has 1 aliphatic heterocycles. The summed E-state index contributed by atoms with van der Waals surface area (Å²) in [6, 6.07) is 0. The number of alkyl halides is 1. The minimum absolute atomic E-state index is 0.0515. The second kappa shape index (κ2) is 5.71. The van der Waals surface area contributed by atoms with Gasteiger partial charge >= 0.3 is 0 Å². The van der Waals surface area contributed by atoms with Crippen LogP contribution < -0.4 is 0 Å². The monoisotopic (exact) mass is 233 g/mol. The average molecular weight is 234 g/mol. The van der Waals surface area contributed by atoms with Crippen LogP contribution in [0.4, 0.5) is 0 Å². The van der Waals surface area contributed by atoms with E-state index in [0.717, 1.165) is 19.4 Å². The lowest BCUT2D eigenvalue weighted by molar-refractivity contribution is -0.134. The lowest BCUT2D eigenvalue weighted by atomic mass is 10.0. The summed E-state index contributed by atoms with van der Waals surface area (Å²) in [5.74, 6) is 0.243. The highest BCUT2D eigenvalue weighted by Crippen LogP contribution is 2.21. The van der Waals surface area contributed by atoms with E-state index in [1.807, 2.05) is 20.9 Å². The van der Waals surface area contributed by atoms with Gasteiger partial charge in [0.15, 0.2) is 0 Å². The van der Waals surface area contributed by atoms with E-state index in [9.17, 15) is 4.79 Å². The lowest BCUT2D eigenvalue weighted by Gasteiger charge is -2.20. The maximum atomic E-state index is 11.9. The predicted molar refractivity (Wildman–Crippen MR) is 61.1 cm³/mol. The minimum Gasteiger partial charge on any atom is -0.378 e. The SMILES string of the molecule is CC(Cl)CCN(C)C(=O)C1COC(C)C1. The molecule has 1 aliphatic rings. The van der Waals surface area contributed by atoms with E-state index < -0.39 is 0 Å². The average Bonchev–Trinajstić information content (AvgIpc) is 2.60. The molecule has 1 saturated heterocycles. The number of halogens is 1. The van der Waals surface area contributed by atoms with E-state index in [-0.39, 0.29) is 23.3 Å². The summed E-state index contributed by atoms with van der Waals surface area (Å²) in [5.41, 5.74) is 0. The molecular weight excluding hydrogens is 214 g/mol. The molecule has 15 heavy (non-hydrogen) atoms.